The molecule has 0 saturated heterocycles. The molecule has 0 spiro atoms. The summed E-state index contributed by atoms with van der Waals surface area (Å²) in [5.74, 6) is 0.441. The highest BCUT2D eigenvalue weighted by Crippen LogP contribution is 2.33. The smallest absolute Gasteiger partial charge is 0.272 e. The largest absolute Gasteiger partial charge is 0.454 e. The lowest BCUT2D eigenvalue weighted by Crippen LogP contribution is -2.30. The van der Waals surface area contributed by atoms with E-state index in [1.807, 2.05) is 50.2 Å². The van der Waals surface area contributed by atoms with E-state index in [0.717, 1.165) is 11.1 Å². The van der Waals surface area contributed by atoms with Gasteiger partial charge in [0.2, 0.25) is 6.79 Å². The molecule has 156 valence electrons. The number of hydrogen-bond acceptors (Lipinski definition) is 4. The van der Waals surface area contributed by atoms with Crippen LogP contribution >= 0.6 is 0 Å². The predicted octanol–water partition coefficient (Wildman–Crippen LogP) is 4.44. The molecule has 3 aromatic carbocycles. The number of fused-ring (bicyclic) bond motifs is 1. The molecule has 0 bridgehead atoms. The zero-order valence-corrected chi connectivity index (χ0v) is 17.3. The third-order valence-corrected chi connectivity index (χ3v) is 4.82. The van der Waals surface area contributed by atoms with Crippen LogP contribution in [0.2, 0.25) is 0 Å². The van der Waals surface area contributed by atoms with Crippen LogP contribution in [0.25, 0.3) is 6.08 Å². The summed E-state index contributed by atoms with van der Waals surface area (Å²) in [6, 6.07) is 19.9. The monoisotopic (exact) mass is 414 g/mol. The molecule has 31 heavy (non-hydrogen) atoms. The first-order valence-corrected chi connectivity index (χ1v) is 9.85. The molecule has 1 heterocycles. The molecular formula is C25H22N2O4. The Morgan fingerprint density at radius 2 is 1.48 bits per heavy atom. The third kappa shape index (κ3) is 4.93. The van der Waals surface area contributed by atoms with Gasteiger partial charge in [-0.15, -0.1) is 0 Å². The van der Waals surface area contributed by atoms with Gasteiger partial charge in [0, 0.05) is 11.3 Å². The highest BCUT2D eigenvalue weighted by molar-refractivity contribution is 6.10. The summed E-state index contributed by atoms with van der Waals surface area (Å²) in [6.45, 7) is 4.08. The number of hydrogen-bond donors (Lipinski definition) is 2. The summed E-state index contributed by atoms with van der Waals surface area (Å²) >= 11 is 0. The van der Waals surface area contributed by atoms with Crippen molar-refractivity contribution >= 4 is 23.6 Å². The number of amides is 2. The second-order valence-corrected chi connectivity index (χ2v) is 7.31. The summed E-state index contributed by atoms with van der Waals surface area (Å²) < 4.78 is 10.7. The maximum Gasteiger partial charge on any atom is 0.272 e. The van der Waals surface area contributed by atoms with Gasteiger partial charge in [0.15, 0.2) is 11.5 Å². The van der Waals surface area contributed by atoms with Gasteiger partial charge in [0.05, 0.1) is 0 Å². The van der Waals surface area contributed by atoms with Gasteiger partial charge in [-0.3, -0.25) is 9.59 Å². The summed E-state index contributed by atoms with van der Waals surface area (Å²) in [6.07, 6.45) is 1.61. The van der Waals surface area contributed by atoms with E-state index in [9.17, 15) is 9.59 Å². The summed E-state index contributed by atoms with van der Waals surface area (Å²) in [7, 11) is 0. The van der Waals surface area contributed by atoms with E-state index < -0.39 is 5.91 Å². The minimum absolute atomic E-state index is 0.116. The van der Waals surface area contributed by atoms with Gasteiger partial charge < -0.3 is 20.1 Å². The molecule has 0 aromatic heterocycles. The van der Waals surface area contributed by atoms with Crippen LogP contribution < -0.4 is 20.1 Å². The van der Waals surface area contributed by atoms with Gasteiger partial charge >= 0.3 is 0 Å². The van der Waals surface area contributed by atoms with Crippen molar-refractivity contribution < 1.29 is 19.1 Å². The number of anilines is 1. The molecule has 6 nitrogen and oxygen atoms in total. The summed E-state index contributed by atoms with van der Waals surface area (Å²) in [5.41, 5.74) is 4.04. The van der Waals surface area contributed by atoms with Crippen LogP contribution in [0.5, 0.6) is 11.5 Å². The lowest BCUT2D eigenvalue weighted by molar-refractivity contribution is -0.113. The fourth-order valence-corrected chi connectivity index (χ4v) is 3.06. The number of benzene rings is 3. The Bertz CT molecular complexity index is 1150. The molecule has 0 atom stereocenters. The molecule has 2 N–H and O–H groups in total. The number of nitrogens with one attached hydrogen (secondary N) is 2. The van der Waals surface area contributed by atoms with Crippen molar-refractivity contribution in [2.24, 2.45) is 0 Å². The molecule has 4 rings (SSSR count). The Kier molecular flexibility index (Phi) is 5.71. The molecular weight excluding hydrogens is 392 g/mol. The zero-order valence-electron chi connectivity index (χ0n) is 17.3. The molecule has 0 aliphatic carbocycles. The van der Waals surface area contributed by atoms with Crippen LogP contribution in [0.4, 0.5) is 5.69 Å². The van der Waals surface area contributed by atoms with Gasteiger partial charge in [-0.05, 0) is 61.9 Å². The average Bonchev–Trinajstić information content (AvgIpc) is 3.23. The first-order chi connectivity index (χ1) is 15.0. The second-order valence-electron chi connectivity index (χ2n) is 7.31. The van der Waals surface area contributed by atoms with Gasteiger partial charge in [-0.1, -0.05) is 41.5 Å². The van der Waals surface area contributed by atoms with Gasteiger partial charge in [-0.25, -0.2) is 0 Å². The highest BCUT2D eigenvalue weighted by atomic mass is 16.7. The van der Waals surface area contributed by atoms with Crippen LogP contribution in [0, 0.1) is 13.8 Å². The highest BCUT2D eigenvalue weighted by Gasteiger charge is 2.17. The average molecular weight is 414 g/mol. The van der Waals surface area contributed by atoms with Crippen molar-refractivity contribution in [1.29, 1.82) is 0 Å². The minimum atomic E-state index is -0.429. The van der Waals surface area contributed by atoms with Crippen molar-refractivity contribution in [3.05, 3.63) is 94.7 Å². The normalized spacial score (nSPS) is 12.4. The molecule has 0 unspecified atom stereocenters. The minimum Gasteiger partial charge on any atom is -0.454 e. The fourth-order valence-electron chi connectivity index (χ4n) is 3.06. The molecule has 6 heteroatoms. The Labute approximate surface area is 180 Å². The quantitative estimate of drug-likeness (QED) is 0.605. The molecule has 0 saturated carbocycles. The van der Waals surface area contributed by atoms with Crippen molar-refractivity contribution in [2.45, 2.75) is 13.8 Å². The number of carbonyl (C=O) groups is 2. The Hall–Kier alpha value is -4.06. The third-order valence-electron chi connectivity index (χ3n) is 4.82. The maximum atomic E-state index is 13.0. The number of ether oxygens (including phenoxy) is 2. The van der Waals surface area contributed by atoms with Gasteiger partial charge in [0.1, 0.15) is 5.70 Å². The number of carbonyl (C=O) groups excluding carboxylic acids is 2. The molecule has 0 radical (unpaired) electrons. The van der Waals surface area contributed by atoms with E-state index in [0.29, 0.717) is 28.3 Å². The topological polar surface area (TPSA) is 76.7 Å². The molecule has 1 aliphatic rings. The molecule has 2 amide bonds. The van der Waals surface area contributed by atoms with Crippen molar-refractivity contribution in [2.75, 3.05) is 12.1 Å². The van der Waals surface area contributed by atoms with Crippen molar-refractivity contribution in [3.63, 3.8) is 0 Å². The van der Waals surface area contributed by atoms with Crippen LogP contribution in [-0.2, 0) is 4.79 Å². The molecule has 0 fully saturated rings. The number of rotatable bonds is 5. The van der Waals surface area contributed by atoms with E-state index in [4.69, 9.17) is 9.47 Å². The lowest BCUT2D eigenvalue weighted by atomic mass is 10.1. The summed E-state index contributed by atoms with van der Waals surface area (Å²) in [4.78, 5) is 25.8. The Morgan fingerprint density at radius 1 is 0.839 bits per heavy atom. The van der Waals surface area contributed by atoms with Crippen LogP contribution in [0.3, 0.4) is 0 Å². The van der Waals surface area contributed by atoms with E-state index >= 15 is 0 Å². The van der Waals surface area contributed by atoms with Gasteiger partial charge in [0.25, 0.3) is 11.8 Å². The molecule has 3 aromatic rings. The van der Waals surface area contributed by atoms with E-state index in [1.165, 1.54) is 0 Å². The fraction of sp³-hybridized carbons (Fsp3) is 0.120. The Balaban J connectivity index is 1.62. The van der Waals surface area contributed by atoms with E-state index in [-0.39, 0.29) is 18.4 Å². The Morgan fingerprint density at radius 3 is 2.19 bits per heavy atom. The second kappa shape index (κ2) is 8.75. The van der Waals surface area contributed by atoms with Crippen molar-refractivity contribution in [1.82, 2.24) is 5.32 Å². The first kappa shape index (κ1) is 20.2. The maximum absolute atomic E-state index is 13.0. The van der Waals surface area contributed by atoms with E-state index in [1.54, 1.807) is 36.4 Å². The van der Waals surface area contributed by atoms with Crippen LogP contribution in [0.1, 0.15) is 27.0 Å². The standard InChI is InChI=1S/C25H22N2O4/c1-16-3-8-19(9-4-16)24(28)27-21(25(29)26-20-10-5-17(2)6-11-20)13-18-7-12-22-23(14-18)31-15-30-22/h3-14H,15H2,1-2H3,(H,26,29)(H,27,28)/b21-13-. The lowest BCUT2D eigenvalue weighted by Gasteiger charge is -2.12. The van der Waals surface area contributed by atoms with Crippen LogP contribution in [-0.4, -0.2) is 18.6 Å². The number of aryl methyl sites for hydroxylation is 2. The predicted molar refractivity (Wildman–Crippen MR) is 119 cm³/mol. The van der Waals surface area contributed by atoms with Crippen LogP contribution in [0.15, 0.2) is 72.4 Å². The first-order valence-electron chi connectivity index (χ1n) is 9.85. The van der Waals surface area contributed by atoms with E-state index in [2.05, 4.69) is 10.6 Å². The molecule has 1 aliphatic heterocycles. The summed E-state index contributed by atoms with van der Waals surface area (Å²) in [5, 5.41) is 5.57. The SMILES string of the molecule is Cc1ccc(NC(=O)/C(=C/c2ccc3c(c2)OCO3)NC(=O)c2ccc(C)cc2)cc1. The zero-order chi connectivity index (χ0) is 21.8. The van der Waals surface area contributed by atoms with Gasteiger partial charge in [-0.2, -0.15) is 0 Å². The van der Waals surface area contributed by atoms with Crippen molar-refractivity contribution in [3.8, 4) is 11.5 Å².